The van der Waals surface area contributed by atoms with Gasteiger partial charge in [0.05, 0.1) is 4.44 Å². The lowest BCUT2D eigenvalue weighted by atomic mass is 10.1. The Morgan fingerprint density at radius 1 is 0.714 bits per heavy atom. The topological polar surface area (TPSA) is 29.1 Å². The minimum atomic E-state index is -1.88. The van der Waals surface area contributed by atoms with Crippen molar-refractivity contribution in [2.45, 2.75) is 34.7 Å². The van der Waals surface area contributed by atoms with Crippen molar-refractivity contribution >= 4 is 86.4 Å². The Labute approximate surface area is 278 Å². The van der Waals surface area contributed by atoms with Gasteiger partial charge in [-0.25, -0.2) is 0 Å². The van der Waals surface area contributed by atoms with Crippen molar-refractivity contribution in [1.29, 1.82) is 0 Å². The summed E-state index contributed by atoms with van der Waals surface area (Å²) < 4.78 is -2.44. The Morgan fingerprint density at radius 2 is 1.21 bits per heavy atom. The molecule has 218 valence electrons. The zero-order valence-corrected chi connectivity index (χ0v) is 29.7. The molecule has 0 radical (unpaired) electrons. The highest BCUT2D eigenvalue weighted by molar-refractivity contribution is 9.00. The summed E-state index contributed by atoms with van der Waals surface area (Å²) in [5.41, 5.74) is 4.95. The van der Waals surface area contributed by atoms with Crippen molar-refractivity contribution in [2.75, 3.05) is 5.75 Å². The molecule has 4 aromatic rings. The van der Waals surface area contributed by atoms with Crippen molar-refractivity contribution in [2.24, 2.45) is 0 Å². The molecule has 1 N–H and O–H groups in total. The molecule has 4 rings (SSSR count). The first-order chi connectivity index (χ1) is 20.5. The van der Waals surface area contributed by atoms with Crippen LogP contribution in [0.4, 0.5) is 0 Å². The number of hydrogen-bond donors (Lipinski definition) is 1. The zero-order valence-electron chi connectivity index (χ0n) is 23.0. The predicted molar refractivity (Wildman–Crippen MR) is 200 cm³/mol. The number of nitrogens with one attached hydrogen (secondary N) is 1. The molecule has 2 unspecified atom stereocenters. The number of thioether (sulfide) groups is 1. The summed E-state index contributed by atoms with van der Waals surface area (Å²) in [4.78, 5) is 13.5. The number of amides is 1. The van der Waals surface area contributed by atoms with Crippen molar-refractivity contribution in [1.82, 2.24) is 5.32 Å². The average Bonchev–Trinajstić information content (AvgIpc) is 3.01. The van der Waals surface area contributed by atoms with Gasteiger partial charge >= 0.3 is 0 Å². The summed E-state index contributed by atoms with van der Waals surface area (Å²) in [5, 5.41) is 3.42. The van der Waals surface area contributed by atoms with Gasteiger partial charge in [0, 0.05) is 42.8 Å². The normalized spacial score (nSPS) is 14.1. The fraction of sp³-hybridized carbons (Fsp3) is 0.219. The molecule has 4 aromatic carbocycles. The first-order valence-electron chi connectivity index (χ1n) is 13.5. The van der Waals surface area contributed by atoms with Gasteiger partial charge in [0.2, 0.25) is 5.91 Å². The molecule has 0 heterocycles. The first-order valence-corrected chi connectivity index (χ1v) is 24.0. The van der Waals surface area contributed by atoms with E-state index in [0.29, 0.717) is 18.6 Å². The molecule has 0 bridgehead atoms. The molecule has 0 saturated heterocycles. The Bertz CT molecular complexity index is 1430. The van der Waals surface area contributed by atoms with Gasteiger partial charge in [-0.1, -0.05) is 145 Å². The van der Waals surface area contributed by atoms with Crippen molar-refractivity contribution in [3.63, 3.8) is 0 Å². The first kappa shape index (κ1) is 33.8. The number of benzene rings is 4. The molecular formula is C32H33NOP2S6. The van der Waals surface area contributed by atoms with E-state index in [4.69, 9.17) is 23.6 Å². The Balaban J connectivity index is 1.43. The minimum absolute atomic E-state index is 0.0412. The third-order valence-electron chi connectivity index (χ3n) is 6.22. The number of rotatable bonds is 17. The highest BCUT2D eigenvalue weighted by Crippen LogP contribution is 2.72. The van der Waals surface area contributed by atoms with E-state index in [-0.39, 0.29) is 5.91 Å². The van der Waals surface area contributed by atoms with E-state index in [1.165, 1.54) is 22.3 Å². The standard InChI is InChI=1S/C32H33NOP2S6/c34-31(21-22-40-36(38,24-28-15-7-2-8-16-28)41-26-30-19-11-4-12-20-30)33-32(42-35-37,23-27-13-5-1-6-14-27)39-25-29-17-9-3-10-18-29/h1-20H,21-26H2,(H,33,34). The summed E-state index contributed by atoms with van der Waals surface area (Å²) in [6, 6.07) is 41.7. The number of carbonyl (C=O) groups excluding carboxylic acids is 1. The lowest BCUT2D eigenvalue weighted by Gasteiger charge is -2.32. The van der Waals surface area contributed by atoms with Crippen LogP contribution in [0.5, 0.6) is 0 Å². The largest absolute Gasteiger partial charge is 0.332 e. The fourth-order valence-corrected chi connectivity index (χ4v) is 18.4. The molecule has 10 heteroatoms. The van der Waals surface area contributed by atoms with Crippen molar-refractivity contribution in [3.05, 3.63) is 144 Å². The van der Waals surface area contributed by atoms with Gasteiger partial charge in [0.15, 0.2) is 0 Å². The molecule has 0 aromatic heterocycles. The molecular weight excluding hydrogens is 669 g/mol. The molecule has 0 aliphatic carbocycles. The smallest absolute Gasteiger partial charge is 0.222 e. The van der Waals surface area contributed by atoms with Crippen LogP contribution < -0.4 is 5.32 Å². The van der Waals surface area contributed by atoms with Crippen molar-refractivity contribution < 1.29 is 4.79 Å². The molecule has 0 spiro atoms. The van der Waals surface area contributed by atoms with Crippen LogP contribution in [0.25, 0.3) is 0 Å². The third-order valence-corrected chi connectivity index (χ3v) is 21.5. The number of carbonyl (C=O) groups is 1. The molecule has 0 aliphatic heterocycles. The maximum absolute atomic E-state index is 13.5. The molecule has 0 fully saturated rings. The van der Waals surface area contributed by atoms with Gasteiger partial charge < -0.3 is 5.32 Å². The van der Waals surface area contributed by atoms with Crippen LogP contribution in [-0.2, 0) is 52.5 Å². The minimum Gasteiger partial charge on any atom is -0.332 e. The molecule has 1 amide bonds. The summed E-state index contributed by atoms with van der Waals surface area (Å²) in [7, 11) is 0. The molecule has 2 nitrogen and oxygen atoms in total. The second-order valence-electron chi connectivity index (χ2n) is 9.50. The summed E-state index contributed by atoms with van der Waals surface area (Å²) in [6.07, 6.45) is 1.97. The monoisotopic (exact) mass is 701 g/mol. The SMILES string of the molecule is O=C(CCSP(=S)(Cc1ccccc1)SCc1ccccc1)NC(Cc1ccccc1)(SCc1ccccc1)SP=S. The van der Waals surface area contributed by atoms with Crippen LogP contribution in [0.1, 0.15) is 28.7 Å². The van der Waals surface area contributed by atoms with E-state index in [0.717, 1.165) is 24.2 Å². The van der Waals surface area contributed by atoms with Gasteiger partial charge in [0.1, 0.15) is 4.20 Å². The van der Waals surface area contributed by atoms with Gasteiger partial charge in [-0.2, -0.15) is 0 Å². The second-order valence-corrected chi connectivity index (χ2v) is 26.4. The van der Waals surface area contributed by atoms with Gasteiger partial charge in [-0.3, -0.25) is 4.79 Å². The lowest BCUT2D eigenvalue weighted by Crippen LogP contribution is -2.44. The van der Waals surface area contributed by atoms with Gasteiger partial charge in [-0.05, 0) is 34.1 Å². The molecule has 0 saturated carbocycles. The zero-order chi connectivity index (χ0) is 29.5. The summed E-state index contributed by atoms with van der Waals surface area (Å²) in [5.74, 6) is 2.40. The third kappa shape index (κ3) is 11.8. The van der Waals surface area contributed by atoms with E-state index in [1.807, 2.05) is 59.2 Å². The fourth-order valence-electron chi connectivity index (χ4n) is 4.15. The molecule has 0 aliphatic rings. The average molecular weight is 702 g/mol. The van der Waals surface area contributed by atoms with Crippen LogP contribution in [0.3, 0.4) is 0 Å². The Hall–Kier alpha value is -1.08. The number of hydrogen-bond acceptors (Lipinski definition) is 7. The van der Waals surface area contributed by atoms with Crippen LogP contribution in [0, 0.1) is 0 Å². The van der Waals surface area contributed by atoms with Gasteiger partial charge in [-0.15, -0.1) is 34.5 Å². The van der Waals surface area contributed by atoms with E-state index in [1.54, 1.807) is 23.1 Å². The van der Waals surface area contributed by atoms with E-state index < -0.39 is 8.64 Å². The van der Waals surface area contributed by atoms with Crippen molar-refractivity contribution in [3.8, 4) is 0 Å². The van der Waals surface area contributed by atoms with Crippen LogP contribution in [0.15, 0.2) is 121 Å². The molecule has 42 heavy (non-hydrogen) atoms. The Morgan fingerprint density at radius 3 is 1.76 bits per heavy atom. The maximum atomic E-state index is 13.5. The highest BCUT2D eigenvalue weighted by Gasteiger charge is 2.34. The van der Waals surface area contributed by atoms with Gasteiger partial charge in [0.25, 0.3) is 0 Å². The van der Waals surface area contributed by atoms with Crippen LogP contribution in [0.2, 0.25) is 0 Å². The highest BCUT2D eigenvalue weighted by atomic mass is 33.2. The lowest BCUT2D eigenvalue weighted by molar-refractivity contribution is -0.121. The Kier molecular flexibility index (Phi) is 14.5. The van der Waals surface area contributed by atoms with Crippen LogP contribution in [-0.4, -0.2) is 15.9 Å². The summed E-state index contributed by atoms with van der Waals surface area (Å²) >= 11 is 18.8. The quantitative estimate of drug-likeness (QED) is 0.0866. The maximum Gasteiger partial charge on any atom is 0.222 e. The van der Waals surface area contributed by atoms with E-state index >= 15 is 0 Å². The second kappa shape index (κ2) is 18.0. The van der Waals surface area contributed by atoms with E-state index in [2.05, 4.69) is 90.2 Å². The summed E-state index contributed by atoms with van der Waals surface area (Å²) in [6.45, 7) is 0.760. The predicted octanol–water partition coefficient (Wildman–Crippen LogP) is 10.6. The molecule has 2 atom stereocenters. The van der Waals surface area contributed by atoms with Crippen LogP contribution >= 0.6 is 56.9 Å². The van der Waals surface area contributed by atoms with E-state index in [9.17, 15) is 4.79 Å².